The molecule has 0 bridgehead atoms. The van der Waals surface area contributed by atoms with Crippen LogP contribution in [0.3, 0.4) is 0 Å². The number of tetrazole rings is 1. The fourth-order valence-electron chi connectivity index (χ4n) is 2.57. The average Bonchev–Trinajstić information content (AvgIpc) is 3.13. The lowest BCUT2D eigenvalue weighted by Gasteiger charge is -2.05. The molecule has 2 N–H and O–H groups in total. The lowest BCUT2D eigenvalue weighted by atomic mass is 10.0. The Morgan fingerprint density at radius 1 is 0.960 bits per heavy atom. The predicted molar refractivity (Wildman–Crippen MR) is 96.0 cm³/mol. The summed E-state index contributed by atoms with van der Waals surface area (Å²) in [6.07, 6.45) is 1.56. The molecular weight excluding hydrogens is 316 g/mol. The number of para-hydroxylation sites is 1. The number of anilines is 1. The Morgan fingerprint density at radius 3 is 2.64 bits per heavy atom. The van der Waals surface area contributed by atoms with Crippen molar-refractivity contribution in [1.29, 1.82) is 0 Å². The molecule has 0 aliphatic rings. The molecule has 3 aromatic carbocycles. The molecule has 0 radical (unpaired) electrons. The van der Waals surface area contributed by atoms with E-state index < -0.39 is 0 Å². The number of aromatic hydroxyl groups is 1. The van der Waals surface area contributed by atoms with Crippen LogP contribution in [0.2, 0.25) is 0 Å². The standard InChI is InChI=1S/C18H14N6O/c25-17-11-10-13-6-4-5-9-15(13)16(17)12-19-20-18-21-22-23-24(18)14-7-2-1-3-8-14/h1-12,25H,(H,20,21,23)/b19-12+. The van der Waals surface area contributed by atoms with Gasteiger partial charge in [0.1, 0.15) is 5.75 Å². The van der Waals surface area contributed by atoms with Crippen molar-refractivity contribution in [3.05, 3.63) is 72.3 Å². The molecule has 7 nitrogen and oxygen atoms in total. The molecule has 0 atom stereocenters. The largest absolute Gasteiger partial charge is 0.507 e. The van der Waals surface area contributed by atoms with E-state index >= 15 is 0 Å². The zero-order chi connectivity index (χ0) is 17.1. The summed E-state index contributed by atoms with van der Waals surface area (Å²) in [7, 11) is 0. The number of aromatic nitrogens is 4. The number of hydrogen-bond donors (Lipinski definition) is 2. The quantitative estimate of drug-likeness (QED) is 0.444. The maximum Gasteiger partial charge on any atom is 0.268 e. The molecule has 25 heavy (non-hydrogen) atoms. The molecule has 1 aromatic heterocycles. The molecule has 0 saturated carbocycles. The van der Waals surface area contributed by atoms with Gasteiger partial charge in [0.25, 0.3) is 5.95 Å². The van der Waals surface area contributed by atoms with Gasteiger partial charge in [0.05, 0.1) is 11.9 Å². The van der Waals surface area contributed by atoms with E-state index in [1.807, 2.05) is 60.7 Å². The minimum atomic E-state index is 0.159. The molecule has 122 valence electrons. The molecule has 0 saturated heterocycles. The number of nitrogens with zero attached hydrogens (tertiary/aromatic N) is 5. The molecule has 0 aliphatic heterocycles. The molecule has 0 amide bonds. The van der Waals surface area contributed by atoms with Crippen LogP contribution < -0.4 is 5.43 Å². The van der Waals surface area contributed by atoms with E-state index in [1.165, 1.54) is 0 Å². The maximum absolute atomic E-state index is 10.1. The van der Waals surface area contributed by atoms with Crippen LogP contribution in [0.15, 0.2) is 71.8 Å². The van der Waals surface area contributed by atoms with E-state index in [1.54, 1.807) is 17.0 Å². The SMILES string of the molecule is Oc1ccc2ccccc2c1/C=N/Nc1nnnn1-c1ccccc1. The molecule has 1 heterocycles. The van der Waals surface area contributed by atoms with Gasteiger partial charge in [0.15, 0.2) is 0 Å². The Hall–Kier alpha value is -3.74. The first kappa shape index (κ1) is 14.8. The highest BCUT2D eigenvalue weighted by Gasteiger charge is 2.07. The first-order valence-corrected chi connectivity index (χ1v) is 7.66. The third-order valence-electron chi connectivity index (χ3n) is 3.78. The Balaban J connectivity index is 1.63. The van der Waals surface area contributed by atoms with Crippen LogP contribution in [-0.2, 0) is 0 Å². The fourth-order valence-corrected chi connectivity index (χ4v) is 2.57. The number of phenolic OH excluding ortho intramolecular Hbond substituents is 1. The van der Waals surface area contributed by atoms with E-state index in [-0.39, 0.29) is 5.75 Å². The van der Waals surface area contributed by atoms with Gasteiger partial charge < -0.3 is 5.11 Å². The van der Waals surface area contributed by atoms with E-state index in [4.69, 9.17) is 0 Å². The monoisotopic (exact) mass is 330 g/mol. The second-order valence-corrected chi connectivity index (χ2v) is 5.34. The maximum atomic E-state index is 10.1. The molecule has 0 unspecified atom stereocenters. The zero-order valence-corrected chi connectivity index (χ0v) is 13.1. The van der Waals surface area contributed by atoms with E-state index in [9.17, 15) is 5.11 Å². The van der Waals surface area contributed by atoms with Gasteiger partial charge in [-0.15, -0.1) is 0 Å². The molecule has 0 spiro atoms. The number of hydrazone groups is 1. The van der Waals surface area contributed by atoms with Crippen molar-refractivity contribution in [1.82, 2.24) is 20.2 Å². The Labute approximate surface area is 143 Å². The van der Waals surface area contributed by atoms with Gasteiger partial charge in [-0.25, -0.2) is 5.43 Å². The van der Waals surface area contributed by atoms with Crippen molar-refractivity contribution in [3.63, 3.8) is 0 Å². The summed E-state index contributed by atoms with van der Waals surface area (Å²) in [5.74, 6) is 0.536. The van der Waals surface area contributed by atoms with Gasteiger partial charge in [-0.2, -0.15) is 9.78 Å². The molecule has 4 rings (SSSR count). The van der Waals surface area contributed by atoms with Gasteiger partial charge in [0.2, 0.25) is 0 Å². The van der Waals surface area contributed by atoms with Crippen molar-refractivity contribution < 1.29 is 5.11 Å². The van der Waals surface area contributed by atoms with Crippen LogP contribution in [0, 0.1) is 0 Å². The minimum absolute atomic E-state index is 0.159. The number of rotatable bonds is 4. The number of benzene rings is 3. The smallest absolute Gasteiger partial charge is 0.268 e. The summed E-state index contributed by atoms with van der Waals surface area (Å²) in [5.41, 5.74) is 4.26. The van der Waals surface area contributed by atoms with Gasteiger partial charge in [-0.05, 0) is 39.4 Å². The first-order valence-electron chi connectivity index (χ1n) is 7.66. The topological polar surface area (TPSA) is 88.2 Å². The van der Waals surface area contributed by atoms with Crippen molar-refractivity contribution in [2.75, 3.05) is 5.43 Å². The Kier molecular flexibility index (Phi) is 3.80. The second-order valence-electron chi connectivity index (χ2n) is 5.34. The Bertz CT molecular complexity index is 1040. The van der Waals surface area contributed by atoms with Crippen molar-refractivity contribution in [2.45, 2.75) is 0 Å². The lowest BCUT2D eigenvalue weighted by Crippen LogP contribution is -2.03. The first-order chi connectivity index (χ1) is 12.3. The van der Waals surface area contributed by atoms with Crippen molar-refractivity contribution in [3.8, 4) is 11.4 Å². The van der Waals surface area contributed by atoms with Crippen LogP contribution >= 0.6 is 0 Å². The van der Waals surface area contributed by atoms with Crippen LogP contribution in [0.25, 0.3) is 16.5 Å². The minimum Gasteiger partial charge on any atom is -0.507 e. The molecule has 0 aliphatic carbocycles. The summed E-state index contributed by atoms with van der Waals surface area (Å²) in [5, 5.41) is 27.8. The van der Waals surface area contributed by atoms with E-state index in [0.717, 1.165) is 16.5 Å². The highest BCUT2D eigenvalue weighted by molar-refractivity contribution is 6.02. The highest BCUT2D eigenvalue weighted by Crippen LogP contribution is 2.25. The fraction of sp³-hybridized carbons (Fsp3) is 0. The third-order valence-corrected chi connectivity index (χ3v) is 3.78. The van der Waals surface area contributed by atoms with Crippen LogP contribution in [-0.4, -0.2) is 31.5 Å². The molecule has 4 aromatic rings. The predicted octanol–water partition coefficient (Wildman–Crippen LogP) is 2.97. The average molecular weight is 330 g/mol. The van der Waals surface area contributed by atoms with Gasteiger partial charge >= 0.3 is 0 Å². The number of hydrogen-bond acceptors (Lipinski definition) is 6. The highest BCUT2D eigenvalue weighted by atomic mass is 16.3. The van der Waals surface area contributed by atoms with Gasteiger partial charge in [-0.3, -0.25) is 0 Å². The van der Waals surface area contributed by atoms with Gasteiger partial charge in [-0.1, -0.05) is 53.6 Å². The van der Waals surface area contributed by atoms with Crippen LogP contribution in [0.5, 0.6) is 5.75 Å². The second kappa shape index (κ2) is 6.40. The Morgan fingerprint density at radius 2 is 1.76 bits per heavy atom. The van der Waals surface area contributed by atoms with Gasteiger partial charge in [0, 0.05) is 5.56 Å². The molecule has 0 fully saturated rings. The lowest BCUT2D eigenvalue weighted by molar-refractivity contribution is 0.475. The van der Waals surface area contributed by atoms with Crippen molar-refractivity contribution in [2.24, 2.45) is 5.10 Å². The summed E-state index contributed by atoms with van der Waals surface area (Å²) in [4.78, 5) is 0. The third kappa shape index (κ3) is 2.90. The van der Waals surface area contributed by atoms with Crippen LogP contribution in [0.4, 0.5) is 5.95 Å². The summed E-state index contributed by atoms with van der Waals surface area (Å²) in [6.45, 7) is 0. The van der Waals surface area contributed by atoms with Crippen LogP contribution in [0.1, 0.15) is 5.56 Å². The summed E-state index contributed by atoms with van der Waals surface area (Å²) >= 11 is 0. The normalized spacial score (nSPS) is 11.2. The number of phenols is 1. The van der Waals surface area contributed by atoms with E-state index in [2.05, 4.69) is 26.1 Å². The number of nitrogens with one attached hydrogen (secondary N) is 1. The summed E-state index contributed by atoms with van der Waals surface area (Å²) in [6, 6.07) is 20.8. The number of fused-ring (bicyclic) bond motifs is 1. The van der Waals surface area contributed by atoms with Crippen molar-refractivity contribution >= 4 is 22.9 Å². The summed E-state index contributed by atoms with van der Waals surface area (Å²) < 4.78 is 1.54. The zero-order valence-electron chi connectivity index (χ0n) is 13.1. The van der Waals surface area contributed by atoms with E-state index in [0.29, 0.717) is 11.5 Å². The molecule has 7 heteroatoms. The molecular formula is C18H14N6O.